The van der Waals surface area contributed by atoms with Crippen LogP contribution in [0, 0.1) is 5.92 Å². The predicted molar refractivity (Wildman–Crippen MR) is 88.7 cm³/mol. The second kappa shape index (κ2) is 8.14. The van der Waals surface area contributed by atoms with Crippen LogP contribution in [0.5, 0.6) is 0 Å². The Kier molecular flexibility index (Phi) is 6.49. The van der Waals surface area contributed by atoms with Gasteiger partial charge in [0.15, 0.2) is 0 Å². The minimum atomic E-state index is -0.220. The highest BCUT2D eigenvalue weighted by atomic mass is 35.5. The highest BCUT2D eigenvalue weighted by Crippen LogP contribution is 2.20. The van der Waals surface area contributed by atoms with Crippen molar-refractivity contribution < 1.29 is 5.11 Å². The van der Waals surface area contributed by atoms with E-state index >= 15 is 0 Å². The summed E-state index contributed by atoms with van der Waals surface area (Å²) in [6.07, 6.45) is 2.20. The fraction of sp³-hybridized carbons (Fsp3) is 0.647. The number of β-amino-alcohol motifs (C(OH)–C–C–N with tert-alkyl or cyclic N) is 1. The minimum Gasteiger partial charge on any atom is -0.392 e. The van der Waals surface area contributed by atoms with Crippen molar-refractivity contribution in [2.75, 3.05) is 26.2 Å². The van der Waals surface area contributed by atoms with Gasteiger partial charge in [-0.25, -0.2) is 0 Å². The maximum absolute atomic E-state index is 9.43. The Hall–Kier alpha value is -0.610. The number of nitrogens with one attached hydrogen (secondary N) is 1. The molecule has 21 heavy (non-hydrogen) atoms. The van der Waals surface area contributed by atoms with Crippen LogP contribution in [0.15, 0.2) is 24.3 Å². The summed E-state index contributed by atoms with van der Waals surface area (Å²) in [5.41, 5.74) is 1.24. The van der Waals surface area contributed by atoms with Gasteiger partial charge in [-0.2, -0.15) is 0 Å². The zero-order valence-electron chi connectivity index (χ0n) is 13.1. The van der Waals surface area contributed by atoms with E-state index in [1.165, 1.54) is 18.4 Å². The van der Waals surface area contributed by atoms with E-state index in [0.717, 1.165) is 37.1 Å². The first-order valence-corrected chi connectivity index (χ1v) is 8.31. The lowest BCUT2D eigenvalue weighted by Gasteiger charge is -2.33. The first-order valence-electron chi connectivity index (χ1n) is 7.94. The lowest BCUT2D eigenvalue weighted by atomic mass is 9.96. The van der Waals surface area contributed by atoms with Crippen molar-refractivity contribution in [2.45, 2.75) is 38.8 Å². The molecular formula is C17H27ClN2O. The molecular weight excluding hydrogens is 284 g/mol. The molecule has 118 valence electrons. The number of hydrogen-bond acceptors (Lipinski definition) is 3. The quantitative estimate of drug-likeness (QED) is 0.847. The normalized spacial score (nSPS) is 20.4. The molecule has 3 nitrogen and oxygen atoms in total. The Balaban J connectivity index is 1.72. The number of likely N-dealkylation sites (tertiary alicyclic amines) is 1. The van der Waals surface area contributed by atoms with E-state index < -0.39 is 0 Å². The molecule has 0 aromatic heterocycles. The lowest BCUT2D eigenvalue weighted by Crippen LogP contribution is -2.40. The number of nitrogens with zero attached hydrogens (tertiary/aromatic N) is 1. The zero-order valence-corrected chi connectivity index (χ0v) is 13.8. The summed E-state index contributed by atoms with van der Waals surface area (Å²) < 4.78 is 0. The second-order valence-corrected chi connectivity index (χ2v) is 6.71. The highest BCUT2D eigenvalue weighted by molar-refractivity contribution is 6.30. The third-order valence-electron chi connectivity index (χ3n) is 4.29. The van der Waals surface area contributed by atoms with Crippen LogP contribution in [0.2, 0.25) is 5.02 Å². The summed E-state index contributed by atoms with van der Waals surface area (Å²) in [6.45, 7) is 8.11. The van der Waals surface area contributed by atoms with E-state index in [0.29, 0.717) is 6.04 Å². The Bertz CT molecular complexity index is 431. The Morgan fingerprint density at radius 2 is 2.05 bits per heavy atom. The second-order valence-electron chi connectivity index (χ2n) is 6.28. The van der Waals surface area contributed by atoms with Gasteiger partial charge in [0, 0.05) is 17.6 Å². The first-order chi connectivity index (χ1) is 10.0. The Labute approximate surface area is 133 Å². The molecule has 0 aliphatic carbocycles. The molecule has 1 aromatic rings. The van der Waals surface area contributed by atoms with Crippen molar-refractivity contribution in [2.24, 2.45) is 5.92 Å². The van der Waals surface area contributed by atoms with Crippen molar-refractivity contribution in [3.63, 3.8) is 0 Å². The highest BCUT2D eigenvalue weighted by Gasteiger charge is 2.20. The number of rotatable bonds is 6. The van der Waals surface area contributed by atoms with E-state index in [1.807, 2.05) is 25.1 Å². The van der Waals surface area contributed by atoms with Crippen molar-refractivity contribution in [1.29, 1.82) is 0 Å². The molecule has 1 heterocycles. The van der Waals surface area contributed by atoms with Crippen LogP contribution < -0.4 is 5.32 Å². The van der Waals surface area contributed by atoms with Crippen molar-refractivity contribution in [3.05, 3.63) is 34.9 Å². The van der Waals surface area contributed by atoms with Crippen LogP contribution in [0.1, 0.15) is 38.3 Å². The van der Waals surface area contributed by atoms with Gasteiger partial charge in [-0.1, -0.05) is 23.7 Å². The smallest absolute Gasteiger partial charge is 0.0639 e. The van der Waals surface area contributed by atoms with Gasteiger partial charge >= 0.3 is 0 Å². The molecule has 0 spiro atoms. The lowest BCUT2D eigenvalue weighted by molar-refractivity contribution is 0.0994. The van der Waals surface area contributed by atoms with E-state index in [9.17, 15) is 5.11 Å². The van der Waals surface area contributed by atoms with Crippen LogP contribution in [-0.4, -0.2) is 42.3 Å². The van der Waals surface area contributed by atoms with Crippen molar-refractivity contribution >= 4 is 11.6 Å². The molecule has 0 unspecified atom stereocenters. The maximum atomic E-state index is 9.43. The average Bonchev–Trinajstić information content (AvgIpc) is 2.45. The van der Waals surface area contributed by atoms with Gasteiger partial charge in [-0.3, -0.25) is 0 Å². The summed E-state index contributed by atoms with van der Waals surface area (Å²) in [4.78, 5) is 2.36. The minimum absolute atomic E-state index is 0.220. The van der Waals surface area contributed by atoms with Gasteiger partial charge in [-0.05, 0) is 69.9 Å². The van der Waals surface area contributed by atoms with Crippen molar-refractivity contribution in [3.8, 4) is 0 Å². The third kappa shape index (κ3) is 5.59. The summed E-state index contributed by atoms with van der Waals surface area (Å²) in [5.74, 6) is 0.733. The van der Waals surface area contributed by atoms with Gasteiger partial charge in [0.1, 0.15) is 0 Å². The molecule has 0 amide bonds. The zero-order chi connectivity index (χ0) is 15.2. The first kappa shape index (κ1) is 16.8. The number of piperidine rings is 1. The molecule has 1 aliphatic heterocycles. The number of aliphatic hydroxyl groups excluding tert-OH is 1. The SMILES string of the molecule is C[C@@H](O)CN1CCC(CN[C@H](C)c2cccc(Cl)c2)CC1. The Morgan fingerprint density at radius 1 is 1.33 bits per heavy atom. The summed E-state index contributed by atoms with van der Waals surface area (Å²) in [7, 11) is 0. The molecule has 1 fully saturated rings. The van der Waals surface area contributed by atoms with E-state index in [-0.39, 0.29) is 6.10 Å². The fourth-order valence-electron chi connectivity index (χ4n) is 2.98. The number of hydrogen-bond donors (Lipinski definition) is 2. The number of halogens is 1. The third-order valence-corrected chi connectivity index (χ3v) is 4.53. The average molecular weight is 311 g/mol. The van der Waals surface area contributed by atoms with Crippen LogP contribution in [0.25, 0.3) is 0 Å². The molecule has 1 saturated heterocycles. The largest absolute Gasteiger partial charge is 0.392 e. The molecule has 2 N–H and O–H groups in total. The van der Waals surface area contributed by atoms with Gasteiger partial charge in [0.05, 0.1) is 6.10 Å². The van der Waals surface area contributed by atoms with Gasteiger partial charge in [0.2, 0.25) is 0 Å². The molecule has 0 bridgehead atoms. The molecule has 4 heteroatoms. The topological polar surface area (TPSA) is 35.5 Å². The summed E-state index contributed by atoms with van der Waals surface area (Å²) in [5, 5.41) is 13.9. The number of aliphatic hydroxyl groups is 1. The molecule has 1 aliphatic rings. The fourth-order valence-corrected chi connectivity index (χ4v) is 3.18. The standard InChI is InChI=1S/C17H27ClN2O/c1-13(21)12-20-8-6-15(7-9-20)11-19-14(2)16-4-3-5-17(18)10-16/h3-5,10,13-15,19,21H,6-9,11-12H2,1-2H3/t13-,14-/m1/s1. The molecule has 0 saturated carbocycles. The monoisotopic (exact) mass is 310 g/mol. The maximum Gasteiger partial charge on any atom is 0.0639 e. The van der Waals surface area contributed by atoms with Crippen LogP contribution in [0.4, 0.5) is 0 Å². The van der Waals surface area contributed by atoms with E-state index in [4.69, 9.17) is 11.6 Å². The summed E-state index contributed by atoms with van der Waals surface area (Å²) >= 11 is 6.04. The van der Waals surface area contributed by atoms with Gasteiger partial charge < -0.3 is 15.3 Å². The molecule has 2 atom stereocenters. The van der Waals surface area contributed by atoms with Crippen molar-refractivity contribution in [1.82, 2.24) is 10.2 Å². The van der Waals surface area contributed by atoms with Gasteiger partial charge in [-0.15, -0.1) is 0 Å². The van der Waals surface area contributed by atoms with E-state index in [1.54, 1.807) is 0 Å². The molecule has 0 radical (unpaired) electrons. The predicted octanol–water partition coefficient (Wildman–Crippen LogP) is 3.08. The molecule has 2 rings (SSSR count). The number of benzene rings is 1. The van der Waals surface area contributed by atoms with Crippen LogP contribution >= 0.6 is 11.6 Å². The summed E-state index contributed by atoms with van der Waals surface area (Å²) in [6, 6.07) is 8.40. The molecule has 1 aromatic carbocycles. The van der Waals surface area contributed by atoms with E-state index in [2.05, 4.69) is 23.2 Å². The Morgan fingerprint density at radius 3 is 2.67 bits per heavy atom. The van der Waals surface area contributed by atoms with Crippen LogP contribution in [-0.2, 0) is 0 Å². The van der Waals surface area contributed by atoms with Gasteiger partial charge in [0.25, 0.3) is 0 Å². The van der Waals surface area contributed by atoms with Crippen LogP contribution in [0.3, 0.4) is 0 Å².